The Labute approximate surface area is 458 Å². The number of nitrogens with two attached hydrogens (primary N) is 4. The highest BCUT2D eigenvalue weighted by Crippen LogP contribution is 2.33. The first-order valence-electron chi connectivity index (χ1n) is 27.5. The Hall–Kier alpha value is -5.92. The van der Waals surface area contributed by atoms with Gasteiger partial charge in [-0.25, -0.2) is 4.79 Å². The Bertz CT molecular complexity index is 2060. The molecular formula is C51H91N15O10S. The molecule has 0 aromatic rings. The molecule has 26 heteroatoms. The summed E-state index contributed by atoms with van der Waals surface area (Å²) in [5.41, 5.74) is 22.7. The molecule has 77 heavy (non-hydrogen) atoms. The number of nitrogens with zero attached hydrogens (tertiary/aromatic N) is 2. The number of hydrogen-bond donors (Lipinski definition) is 13. The van der Waals surface area contributed by atoms with Crippen molar-refractivity contribution in [2.45, 2.75) is 211 Å². The van der Waals surface area contributed by atoms with Crippen LogP contribution in [0, 0.1) is 17.8 Å². The van der Waals surface area contributed by atoms with Crippen LogP contribution in [0.2, 0.25) is 0 Å². The first kappa shape index (κ1) is 65.4. The van der Waals surface area contributed by atoms with Gasteiger partial charge in [-0.05, 0) is 109 Å². The van der Waals surface area contributed by atoms with Crippen molar-refractivity contribution < 1.29 is 47.9 Å². The van der Waals surface area contributed by atoms with Crippen molar-refractivity contribution in [1.29, 1.82) is 0 Å². The fourth-order valence-electron chi connectivity index (χ4n) is 9.53. The molecule has 25 nitrogen and oxygen atoms in total. The number of carbonyl (C=O) groups is 10. The second-order valence-electron chi connectivity index (χ2n) is 22.0. The highest BCUT2D eigenvalue weighted by atomic mass is 32.2. The van der Waals surface area contributed by atoms with Crippen LogP contribution < -0.4 is 70.8 Å². The summed E-state index contributed by atoms with van der Waals surface area (Å²) in [6.45, 7) is 14.9. The molecule has 3 fully saturated rings. The van der Waals surface area contributed by atoms with Crippen LogP contribution in [0.4, 0.5) is 4.79 Å². The quantitative estimate of drug-likeness (QED) is 0.0158. The van der Waals surface area contributed by atoms with Crippen molar-refractivity contribution in [3.05, 3.63) is 0 Å². The summed E-state index contributed by atoms with van der Waals surface area (Å²) in [4.78, 5) is 138. The van der Waals surface area contributed by atoms with Crippen molar-refractivity contribution in [2.75, 3.05) is 25.4 Å². The van der Waals surface area contributed by atoms with E-state index < -0.39 is 95.6 Å². The molecule has 0 spiro atoms. The molecule has 436 valence electrons. The molecule has 11 amide bonds. The Morgan fingerprint density at radius 2 is 1.23 bits per heavy atom. The molecule has 3 saturated heterocycles. The van der Waals surface area contributed by atoms with Gasteiger partial charge in [0.2, 0.25) is 53.2 Å². The maximum absolute atomic E-state index is 14.2. The van der Waals surface area contributed by atoms with Crippen LogP contribution in [-0.2, 0) is 43.2 Å². The number of fused-ring (bicyclic) bond motifs is 1. The zero-order chi connectivity index (χ0) is 57.5. The van der Waals surface area contributed by atoms with Gasteiger partial charge in [-0.2, -0.15) is 11.8 Å². The number of urea groups is 1. The van der Waals surface area contributed by atoms with E-state index in [-0.39, 0.29) is 99.3 Å². The van der Waals surface area contributed by atoms with Crippen LogP contribution in [-0.4, -0.2) is 161 Å². The summed E-state index contributed by atoms with van der Waals surface area (Å²) in [7, 11) is 0. The lowest BCUT2D eigenvalue weighted by molar-refractivity contribution is -0.142. The lowest BCUT2D eigenvalue weighted by Crippen LogP contribution is -2.59. The summed E-state index contributed by atoms with van der Waals surface area (Å²) in [6, 6.07) is -8.32. The van der Waals surface area contributed by atoms with Gasteiger partial charge in [-0.15, -0.1) is 0 Å². The molecule has 3 aliphatic heterocycles. The minimum atomic E-state index is -1.18. The third kappa shape index (κ3) is 22.9. The number of aliphatic imine (C=N–C) groups is 1. The number of guanidine groups is 1. The monoisotopic (exact) mass is 1110 g/mol. The summed E-state index contributed by atoms with van der Waals surface area (Å²) in [5, 5.41) is 25.3. The number of carbonyl (C=O) groups excluding carboxylic acids is 10. The number of thioether (sulfide) groups is 1. The van der Waals surface area contributed by atoms with E-state index in [9.17, 15) is 47.9 Å². The van der Waals surface area contributed by atoms with Crippen LogP contribution in [0.3, 0.4) is 0 Å². The lowest BCUT2D eigenvalue weighted by atomic mass is 10.0. The summed E-state index contributed by atoms with van der Waals surface area (Å²) in [6.07, 6.45) is 5.90. The van der Waals surface area contributed by atoms with Crippen molar-refractivity contribution in [2.24, 2.45) is 45.7 Å². The van der Waals surface area contributed by atoms with Crippen molar-refractivity contribution in [3.8, 4) is 0 Å². The highest BCUT2D eigenvalue weighted by molar-refractivity contribution is 8.00. The van der Waals surface area contributed by atoms with E-state index in [2.05, 4.69) is 52.8 Å². The number of likely N-dealkylation sites (tertiary alicyclic amines) is 1. The van der Waals surface area contributed by atoms with Gasteiger partial charge in [-0.1, -0.05) is 48.0 Å². The molecule has 3 aliphatic rings. The van der Waals surface area contributed by atoms with Crippen LogP contribution in [0.25, 0.3) is 0 Å². The van der Waals surface area contributed by atoms with Crippen molar-refractivity contribution in [3.63, 3.8) is 0 Å². The summed E-state index contributed by atoms with van der Waals surface area (Å²) < 4.78 is 0. The molecule has 17 N–H and O–H groups in total. The van der Waals surface area contributed by atoms with E-state index in [1.165, 1.54) is 18.7 Å². The standard InChI is InChI=1S/C51H91N15O10S/c1-27(2)23-32(52)45(71)58-30(7)43(69)61-34(16-13-21-57-50(54)55)49(75)66-22-14-17-38(66)48(74)63-35(24-28(3)4)46(72)59-31(8)44(70)62-36(25-29(5)6)47(73)60-33(42(53)68)15-11-12-20-56-40(67)19-10-9-18-39-41-37(26-77-39)64-51(76)65-41/h27-39,41H,9-26,52H2,1-8H3,(H2,53,68)(H,56,67)(H,58,71)(H,59,72)(H,60,73)(H,61,69)(H,62,70)(H,63,74)(H4,54,55,57)(H2,64,65,76)/t30-,31-,32-,33-,34-,35-,36-,37+,38-,39-,41+/m0/s1. The Morgan fingerprint density at radius 1 is 0.662 bits per heavy atom. The van der Waals surface area contributed by atoms with Crippen LogP contribution >= 0.6 is 11.8 Å². The van der Waals surface area contributed by atoms with E-state index >= 15 is 0 Å². The molecule has 3 heterocycles. The van der Waals surface area contributed by atoms with E-state index in [0.717, 1.165) is 25.0 Å². The first-order valence-corrected chi connectivity index (χ1v) is 28.5. The predicted molar refractivity (Wildman–Crippen MR) is 294 cm³/mol. The van der Waals surface area contributed by atoms with Crippen LogP contribution in [0.1, 0.15) is 145 Å². The van der Waals surface area contributed by atoms with E-state index in [4.69, 9.17) is 22.9 Å². The number of hydrogen-bond acceptors (Lipinski definition) is 13. The number of unbranched alkanes of at least 4 members (excludes halogenated alkanes) is 2. The van der Waals surface area contributed by atoms with E-state index in [1.807, 2.05) is 53.3 Å². The average molecular weight is 1110 g/mol. The molecule has 0 aromatic carbocycles. The number of nitrogens with one attached hydrogen (secondary N) is 9. The normalized spacial score (nSPS) is 20.5. The zero-order valence-electron chi connectivity index (χ0n) is 46.5. The molecule has 0 bridgehead atoms. The van der Waals surface area contributed by atoms with Crippen molar-refractivity contribution in [1.82, 2.24) is 52.8 Å². The molecule has 3 rings (SSSR count). The predicted octanol–water partition coefficient (Wildman–Crippen LogP) is -1.06. The Morgan fingerprint density at radius 3 is 1.84 bits per heavy atom. The second kappa shape index (κ2) is 32.7. The summed E-state index contributed by atoms with van der Waals surface area (Å²) >= 11 is 1.84. The van der Waals surface area contributed by atoms with Gasteiger partial charge in [0.15, 0.2) is 5.96 Å². The molecule has 0 saturated carbocycles. The maximum atomic E-state index is 14.2. The van der Waals surface area contributed by atoms with E-state index in [0.29, 0.717) is 43.9 Å². The molecule has 11 atom stereocenters. The molecule has 0 aromatic heterocycles. The maximum Gasteiger partial charge on any atom is 0.315 e. The van der Waals surface area contributed by atoms with Crippen LogP contribution in [0.5, 0.6) is 0 Å². The average Bonchev–Trinajstić information content (AvgIpc) is 4.08. The molecule has 0 aliphatic carbocycles. The van der Waals surface area contributed by atoms with Gasteiger partial charge < -0.3 is 75.7 Å². The lowest BCUT2D eigenvalue weighted by Gasteiger charge is -2.31. The summed E-state index contributed by atoms with van der Waals surface area (Å²) in [5.74, 6) is -4.48. The molecule has 0 radical (unpaired) electrons. The third-order valence-electron chi connectivity index (χ3n) is 13.6. The topological polar surface area (TPSA) is 399 Å². The van der Waals surface area contributed by atoms with Gasteiger partial charge in [-0.3, -0.25) is 48.1 Å². The minimum absolute atomic E-state index is 0.0770. The third-order valence-corrected chi connectivity index (χ3v) is 15.1. The molecule has 0 unspecified atom stereocenters. The van der Waals surface area contributed by atoms with Gasteiger partial charge in [0.1, 0.15) is 42.3 Å². The SMILES string of the molecule is CC(C)C[C@H](NC(=O)[C@H](C)NC(=O)[C@H](CC(C)C)NC(=O)[C@@H]1CCCN1C(=O)[C@H](CCCN=C(N)N)NC(=O)[C@H](C)NC(=O)[C@@H](N)CC(C)C)C(=O)N[C@@H](CCCCNC(=O)CCCC[C@@H]1SC[C@H]2NC(=O)N[C@@H]12)C(N)=O. The van der Waals surface area contributed by atoms with Gasteiger partial charge in [0, 0.05) is 37.1 Å². The van der Waals surface area contributed by atoms with Crippen molar-refractivity contribution >= 4 is 76.9 Å². The second-order valence-corrected chi connectivity index (χ2v) is 23.2. The largest absolute Gasteiger partial charge is 0.370 e. The minimum Gasteiger partial charge on any atom is -0.370 e. The Kier molecular flexibility index (Phi) is 27.8. The Balaban J connectivity index is 1.56. The number of amides is 11. The van der Waals surface area contributed by atoms with E-state index in [1.54, 1.807) is 0 Å². The smallest absolute Gasteiger partial charge is 0.315 e. The molecular weight excluding hydrogens is 1010 g/mol. The highest BCUT2D eigenvalue weighted by Gasteiger charge is 2.43. The zero-order valence-corrected chi connectivity index (χ0v) is 47.3. The van der Waals surface area contributed by atoms with Gasteiger partial charge >= 0.3 is 6.03 Å². The number of primary amides is 1. The van der Waals surface area contributed by atoms with Crippen LogP contribution in [0.15, 0.2) is 4.99 Å². The number of rotatable bonds is 34. The van der Waals surface area contributed by atoms with Gasteiger partial charge in [0.05, 0.1) is 18.1 Å². The fraction of sp³-hybridized carbons (Fsp3) is 0.784. The fourth-order valence-corrected chi connectivity index (χ4v) is 11.1. The van der Waals surface area contributed by atoms with Gasteiger partial charge in [0.25, 0.3) is 0 Å². The first-order chi connectivity index (χ1) is 36.3.